The van der Waals surface area contributed by atoms with Gasteiger partial charge in [0.2, 0.25) is 0 Å². The van der Waals surface area contributed by atoms with Gasteiger partial charge in [-0.2, -0.15) is 0 Å². The molecule has 0 spiro atoms. The molecule has 0 amide bonds. The van der Waals surface area contributed by atoms with Gasteiger partial charge in [0.25, 0.3) is 0 Å². The lowest BCUT2D eigenvalue weighted by Crippen LogP contribution is -2.20. The first-order valence-corrected chi connectivity index (χ1v) is 18.4. The summed E-state index contributed by atoms with van der Waals surface area (Å²) < 4.78 is 0. The Balaban J connectivity index is 1.40. The zero-order valence-electron chi connectivity index (χ0n) is 30.8. The molecule has 54 heavy (non-hydrogen) atoms. The number of rotatable bonds is 4. The molecule has 0 aliphatic rings. The Labute approximate surface area is 313 Å². The predicted octanol–water partition coefficient (Wildman–Crippen LogP) is 11.3. The molecule has 9 rings (SSSR count). The van der Waals surface area contributed by atoms with Crippen LogP contribution < -0.4 is 21.4 Å². The van der Waals surface area contributed by atoms with Gasteiger partial charge in [-0.25, -0.2) is 20.0 Å². The number of nitrogens with zero attached hydrogens (tertiary/aromatic N) is 4. The summed E-state index contributed by atoms with van der Waals surface area (Å²) >= 11 is 0. The summed E-state index contributed by atoms with van der Waals surface area (Å²) in [5.41, 5.74) is 8.21. The Morgan fingerprint density at radius 2 is 0.463 bits per heavy atom. The van der Waals surface area contributed by atoms with Gasteiger partial charge < -0.3 is 0 Å². The van der Waals surface area contributed by atoms with Crippen molar-refractivity contribution in [1.82, 2.24) is 0 Å². The van der Waals surface area contributed by atoms with Crippen molar-refractivity contribution >= 4 is 65.8 Å². The number of para-hydroxylation sites is 4. The molecule has 0 aliphatic heterocycles. The van der Waals surface area contributed by atoms with Crippen molar-refractivity contribution in [3.05, 3.63) is 201 Å². The highest BCUT2D eigenvalue weighted by molar-refractivity contribution is 6.08. The molecule has 0 saturated carbocycles. The minimum absolute atomic E-state index is 0.927. The number of fused-ring (bicyclic) bond motifs is 4. The van der Waals surface area contributed by atoms with Crippen molar-refractivity contribution in [3.8, 4) is 0 Å². The summed E-state index contributed by atoms with van der Waals surface area (Å²) in [6.07, 6.45) is 0. The SMILES string of the molecule is Cc1c(C)/c(=N\c2ccccc2)c2cc3cc4cc5/c(=N/c6ccccc6)c(C)c(C)/c(=N/c6ccccc6)c5cc4cc3cc2/c1=N\c1ccccc1. The molecule has 9 aromatic rings. The van der Waals surface area contributed by atoms with Gasteiger partial charge in [0.05, 0.1) is 44.2 Å². The third kappa shape index (κ3) is 6.02. The number of hydrogen-bond acceptors (Lipinski definition) is 4. The van der Waals surface area contributed by atoms with E-state index in [1.165, 1.54) is 0 Å². The van der Waals surface area contributed by atoms with Crippen LogP contribution in [0.3, 0.4) is 0 Å². The third-order valence-corrected chi connectivity index (χ3v) is 10.6. The van der Waals surface area contributed by atoms with Gasteiger partial charge in [0.1, 0.15) is 0 Å². The maximum absolute atomic E-state index is 5.24. The molecule has 9 aromatic carbocycles. The van der Waals surface area contributed by atoms with Gasteiger partial charge in [-0.1, -0.05) is 72.8 Å². The van der Waals surface area contributed by atoms with Crippen LogP contribution in [-0.4, -0.2) is 0 Å². The second kappa shape index (κ2) is 13.6. The minimum Gasteiger partial charge on any atom is -0.248 e. The summed E-state index contributed by atoms with van der Waals surface area (Å²) in [5, 5.41) is 12.8. The van der Waals surface area contributed by atoms with Crippen molar-refractivity contribution in [2.24, 2.45) is 20.0 Å². The number of hydrogen-bond donors (Lipinski definition) is 0. The van der Waals surface area contributed by atoms with Crippen LogP contribution >= 0.6 is 0 Å². The normalized spacial score (nSPS) is 13.3. The molecule has 0 fully saturated rings. The third-order valence-electron chi connectivity index (χ3n) is 10.6. The monoisotopic (exact) mass is 694 g/mol. The van der Waals surface area contributed by atoms with Crippen LogP contribution in [0.5, 0.6) is 0 Å². The van der Waals surface area contributed by atoms with Crippen molar-refractivity contribution in [1.29, 1.82) is 0 Å². The first-order chi connectivity index (χ1) is 26.4. The number of benzene rings is 9. The van der Waals surface area contributed by atoms with Crippen LogP contribution in [0.1, 0.15) is 22.3 Å². The fourth-order valence-corrected chi connectivity index (χ4v) is 7.51. The van der Waals surface area contributed by atoms with Gasteiger partial charge >= 0.3 is 0 Å². The summed E-state index contributed by atoms with van der Waals surface area (Å²) in [7, 11) is 0. The summed E-state index contributed by atoms with van der Waals surface area (Å²) in [6.45, 7) is 8.66. The maximum Gasteiger partial charge on any atom is 0.0748 e. The molecule has 0 radical (unpaired) electrons. The fourth-order valence-electron chi connectivity index (χ4n) is 7.51. The average Bonchev–Trinajstić information content (AvgIpc) is 3.21. The van der Waals surface area contributed by atoms with Crippen molar-refractivity contribution in [2.75, 3.05) is 0 Å². The molecule has 0 unspecified atom stereocenters. The molecule has 0 aromatic heterocycles. The average molecular weight is 695 g/mol. The molecule has 0 heterocycles. The minimum atomic E-state index is 0.927. The Kier molecular flexibility index (Phi) is 8.36. The lowest BCUT2D eigenvalue weighted by molar-refractivity contribution is 1.20. The molecule has 0 aliphatic carbocycles. The highest BCUT2D eigenvalue weighted by Gasteiger charge is 2.14. The highest BCUT2D eigenvalue weighted by Crippen LogP contribution is 2.30. The van der Waals surface area contributed by atoms with E-state index in [2.05, 4.69) is 113 Å². The first-order valence-electron chi connectivity index (χ1n) is 18.4. The smallest absolute Gasteiger partial charge is 0.0748 e. The van der Waals surface area contributed by atoms with Crippen LogP contribution in [0.15, 0.2) is 178 Å². The summed E-state index contributed by atoms with van der Waals surface area (Å²) in [6, 6.07) is 54.7. The fraction of sp³-hybridized carbons (Fsp3) is 0.0800. The zero-order valence-corrected chi connectivity index (χ0v) is 30.8. The molecular weight excluding hydrogens is 657 g/mol. The lowest BCUT2D eigenvalue weighted by atomic mass is 9.93. The molecule has 0 bridgehead atoms. The van der Waals surface area contributed by atoms with Crippen molar-refractivity contribution in [2.45, 2.75) is 27.7 Å². The van der Waals surface area contributed by atoms with E-state index in [0.717, 1.165) is 110 Å². The predicted molar refractivity (Wildman–Crippen MR) is 224 cm³/mol. The summed E-state index contributed by atoms with van der Waals surface area (Å²) in [5.74, 6) is 0. The molecule has 0 atom stereocenters. The maximum atomic E-state index is 5.24. The molecule has 0 N–H and O–H groups in total. The highest BCUT2D eigenvalue weighted by atomic mass is 14.8. The Morgan fingerprint density at radius 1 is 0.259 bits per heavy atom. The van der Waals surface area contributed by atoms with Gasteiger partial charge in [0, 0.05) is 21.5 Å². The van der Waals surface area contributed by atoms with E-state index in [-0.39, 0.29) is 0 Å². The standard InChI is InChI=1S/C50H38N4/c1-31-32(2)48(52-40-19-11-6-12-20-40)44-28-36-26-38-30-46-45(29-37(38)25-35(36)27-43(44)47(31)51-39-17-9-5-10-18-39)49(53-41-21-13-7-14-22-41)33(3)34(4)50(46)54-42-23-15-8-16-24-42/h5-30H,1-4H3/b51-47-,52-48+,53-49-,54-50+. The first kappa shape index (κ1) is 33.1. The largest absolute Gasteiger partial charge is 0.248 e. The van der Waals surface area contributed by atoms with Crippen LogP contribution in [0.4, 0.5) is 22.7 Å². The Bertz CT molecular complexity index is 2730. The van der Waals surface area contributed by atoms with Gasteiger partial charge in [-0.05, 0) is 156 Å². The second-order valence-corrected chi connectivity index (χ2v) is 14.0. The molecule has 4 nitrogen and oxygen atoms in total. The van der Waals surface area contributed by atoms with Crippen molar-refractivity contribution < 1.29 is 0 Å². The Morgan fingerprint density at radius 3 is 0.667 bits per heavy atom. The quantitative estimate of drug-likeness (QED) is 0.165. The molecule has 0 saturated heterocycles. The van der Waals surface area contributed by atoms with Gasteiger partial charge in [-0.3, -0.25) is 0 Å². The van der Waals surface area contributed by atoms with Gasteiger partial charge in [-0.15, -0.1) is 0 Å². The van der Waals surface area contributed by atoms with Crippen LogP contribution in [0.25, 0.3) is 43.1 Å². The van der Waals surface area contributed by atoms with E-state index in [4.69, 9.17) is 20.0 Å². The van der Waals surface area contributed by atoms with Crippen LogP contribution in [0.2, 0.25) is 0 Å². The zero-order chi connectivity index (χ0) is 36.8. The van der Waals surface area contributed by atoms with Crippen LogP contribution in [0, 0.1) is 27.7 Å². The van der Waals surface area contributed by atoms with Crippen LogP contribution in [-0.2, 0) is 0 Å². The topological polar surface area (TPSA) is 49.4 Å². The van der Waals surface area contributed by atoms with Crippen molar-refractivity contribution in [3.63, 3.8) is 0 Å². The van der Waals surface area contributed by atoms with Gasteiger partial charge in [0.15, 0.2) is 0 Å². The van der Waals surface area contributed by atoms with E-state index in [0.29, 0.717) is 0 Å². The van der Waals surface area contributed by atoms with E-state index < -0.39 is 0 Å². The molecular formula is C50H38N4. The molecule has 4 heteroatoms. The Hall–Kier alpha value is -6.78. The van der Waals surface area contributed by atoms with E-state index in [9.17, 15) is 0 Å². The molecule has 258 valence electrons. The van der Waals surface area contributed by atoms with E-state index in [1.807, 2.05) is 72.8 Å². The van der Waals surface area contributed by atoms with E-state index >= 15 is 0 Å². The second-order valence-electron chi connectivity index (χ2n) is 14.0. The van der Waals surface area contributed by atoms with E-state index in [1.54, 1.807) is 0 Å². The summed E-state index contributed by atoms with van der Waals surface area (Å²) in [4.78, 5) is 20.9. The lowest BCUT2D eigenvalue weighted by Gasteiger charge is -2.13.